The largest absolute Gasteiger partial charge is 0.411 e. The fourth-order valence-corrected chi connectivity index (χ4v) is 2.30. The van der Waals surface area contributed by atoms with Crippen molar-refractivity contribution in [1.29, 1.82) is 0 Å². The van der Waals surface area contributed by atoms with Crippen LogP contribution < -0.4 is 11.1 Å². The van der Waals surface area contributed by atoms with Gasteiger partial charge in [0, 0.05) is 18.5 Å². The van der Waals surface area contributed by atoms with Crippen molar-refractivity contribution in [1.82, 2.24) is 5.32 Å². The maximum atomic E-state index is 12.1. The number of nitrogens with one attached hydrogen (secondary N) is 1. The highest BCUT2D eigenvalue weighted by atomic mass is 19.4. The van der Waals surface area contributed by atoms with Crippen LogP contribution in [0.25, 0.3) is 0 Å². The Kier molecular flexibility index (Phi) is 6.75. The van der Waals surface area contributed by atoms with Crippen molar-refractivity contribution < 1.29 is 22.7 Å². The van der Waals surface area contributed by atoms with Gasteiger partial charge in [-0.3, -0.25) is 4.79 Å². The fourth-order valence-electron chi connectivity index (χ4n) is 2.30. The van der Waals surface area contributed by atoms with Crippen molar-refractivity contribution in [3.63, 3.8) is 0 Å². The zero-order chi connectivity index (χ0) is 15.2. The van der Waals surface area contributed by atoms with Gasteiger partial charge in [-0.2, -0.15) is 13.2 Å². The van der Waals surface area contributed by atoms with Gasteiger partial charge in [0.1, 0.15) is 6.61 Å². The van der Waals surface area contributed by atoms with E-state index in [9.17, 15) is 18.0 Å². The minimum atomic E-state index is -4.30. The van der Waals surface area contributed by atoms with Crippen LogP contribution in [0.15, 0.2) is 0 Å². The van der Waals surface area contributed by atoms with E-state index in [-0.39, 0.29) is 18.0 Å². The van der Waals surface area contributed by atoms with Crippen LogP contribution in [0.5, 0.6) is 0 Å². The first kappa shape index (κ1) is 17.2. The van der Waals surface area contributed by atoms with Crippen molar-refractivity contribution in [2.75, 3.05) is 6.61 Å². The number of hydrogen-bond acceptors (Lipinski definition) is 3. The molecule has 1 aliphatic rings. The third kappa shape index (κ3) is 7.69. The maximum absolute atomic E-state index is 12.1. The second-order valence-electron chi connectivity index (χ2n) is 5.50. The number of nitrogens with two attached hydrogens (primary N) is 1. The Bertz CT molecular complexity index is 308. The van der Waals surface area contributed by atoms with E-state index >= 15 is 0 Å². The minimum absolute atomic E-state index is 0.0324. The topological polar surface area (TPSA) is 64.4 Å². The first-order chi connectivity index (χ1) is 9.26. The summed E-state index contributed by atoms with van der Waals surface area (Å²) in [5.74, 6) is -0.0937. The highest BCUT2D eigenvalue weighted by Gasteiger charge is 2.31. The number of alkyl halides is 3. The summed E-state index contributed by atoms with van der Waals surface area (Å²) in [6.07, 6.45) is -1.16. The molecule has 0 aliphatic heterocycles. The Hall–Kier alpha value is -0.820. The van der Waals surface area contributed by atoms with Crippen LogP contribution in [0.3, 0.4) is 0 Å². The van der Waals surface area contributed by atoms with E-state index in [4.69, 9.17) is 10.5 Å². The third-order valence-electron chi connectivity index (χ3n) is 3.30. The lowest BCUT2D eigenvalue weighted by Crippen LogP contribution is -2.41. The molecule has 0 heterocycles. The second kappa shape index (κ2) is 7.83. The molecule has 0 aromatic carbocycles. The molecule has 1 fully saturated rings. The fraction of sp³-hybridized carbons (Fsp3) is 0.923. The molecule has 0 radical (unpaired) electrons. The molecule has 0 aromatic heterocycles. The van der Waals surface area contributed by atoms with Crippen molar-refractivity contribution >= 4 is 5.91 Å². The van der Waals surface area contributed by atoms with Gasteiger partial charge in [0.25, 0.3) is 0 Å². The van der Waals surface area contributed by atoms with Crippen LogP contribution >= 0.6 is 0 Å². The Morgan fingerprint density at radius 3 is 2.75 bits per heavy atom. The Morgan fingerprint density at radius 2 is 2.15 bits per heavy atom. The predicted molar refractivity (Wildman–Crippen MR) is 69.1 cm³/mol. The van der Waals surface area contributed by atoms with Crippen molar-refractivity contribution in [3.05, 3.63) is 0 Å². The summed E-state index contributed by atoms with van der Waals surface area (Å²) < 4.78 is 41.1. The number of carbonyl (C=O) groups excluding carboxylic acids is 1. The van der Waals surface area contributed by atoms with Crippen LogP contribution in [0, 0.1) is 0 Å². The lowest BCUT2D eigenvalue weighted by Gasteiger charge is -2.30. The maximum Gasteiger partial charge on any atom is 0.411 e. The van der Waals surface area contributed by atoms with Crippen molar-refractivity contribution in [3.8, 4) is 0 Å². The molecule has 1 amide bonds. The average Bonchev–Trinajstić information content (AvgIpc) is 2.34. The van der Waals surface area contributed by atoms with Gasteiger partial charge in [-0.1, -0.05) is 0 Å². The molecule has 0 aromatic rings. The van der Waals surface area contributed by atoms with E-state index in [0.29, 0.717) is 25.7 Å². The average molecular weight is 296 g/mol. The first-order valence-corrected chi connectivity index (χ1v) is 6.99. The molecule has 1 rings (SSSR count). The molecule has 3 unspecified atom stereocenters. The number of carbonyl (C=O) groups is 1. The van der Waals surface area contributed by atoms with E-state index < -0.39 is 18.9 Å². The summed E-state index contributed by atoms with van der Waals surface area (Å²) >= 11 is 0. The van der Waals surface area contributed by atoms with Crippen LogP contribution in [-0.2, 0) is 9.53 Å². The molecular formula is C13H23F3N2O2. The quantitative estimate of drug-likeness (QED) is 0.789. The SMILES string of the molecule is CC(N)CCC(=O)NC1CCCC(OCC(F)(F)F)C1. The summed E-state index contributed by atoms with van der Waals surface area (Å²) in [7, 11) is 0. The molecule has 118 valence electrons. The molecular weight excluding hydrogens is 273 g/mol. The zero-order valence-electron chi connectivity index (χ0n) is 11.7. The number of hydrogen-bond donors (Lipinski definition) is 2. The summed E-state index contributed by atoms with van der Waals surface area (Å²) in [6, 6.07) is -0.127. The standard InChI is InChI=1S/C13H23F3N2O2/c1-9(17)5-6-12(19)18-10-3-2-4-11(7-10)20-8-13(14,15)16/h9-11H,2-8,17H2,1H3,(H,18,19). The number of halogens is 3. The van der Waals surface area contributed by atoms with E-state index in [2.05, 4.69) is 5.32 Å². The first-order valence-electron chi connectivity index (χ1n) is 6.99. The van der Waals surface area contributed by atoms with Gasteiger partial charge in [0.2, 0.25) is 5.91 Å². The zero-order valence-corrected chi connectivity index (χ0v) is 11.7. The summed E-state index contributed by atoms with van der Waals surface area (Å²) in [4.78, 5) is 11.7. The van der Waals surface area contributed by atoms with Gasteiger partial charge < -0.3 is 15.8 Å². The van der Waals surface area contributed by atoms with Gasteiger partial charge >= 0.3 is 6.18 Å². The van der Waals surface area contributed by atoms with Crippen LogP contribution in [0.2, 0.25) is 0 Å². The molecule has 0 spiro atoms. The van der Waals surface area contributed by atoms with Crippen molar-refractivity contribution in [2.45, 2.75) is 69.8 Å². The van der Waals surface area contributed by atoms with Crippen LogP contribution in [0.4, 0.5) is 13.2 Å². The molecule has 0 bridgehead atoms. The van der Waals surface area contributed by atoms with Gasteiger partial charge in [-0.15, -0.1) is 0 Å². The minimum Gasteiger partial charge on any atom is -0.369 e. The highest BCUT2D eigenvalue weighted by molar-refractivity contribution is 5.76. The summed E-state index contributed by atoms with van der Waals surface area (Å²) in [5.41, 5.74) is 5.57. The normalized spacial score (nSPS) is 25.2. The Labute approximate surface area is 117 Å². The monoisotopic (exact) mass is 296 g/mol. The molecule has 0 saturated heterocycles. The van der Waals surface area contributed by atoms with E-state index in [0.717, 1.165) is 12.8 Å². The van der Waals surface area contributed by atoms with Crippen LogP contribution in [0.1, 0.15) is 45.4 Å². The Balaban J connectivity index is 2.28. The van der Waals surface area contributed by atoms with Crippen LogP contribution in [-0.4, -0.2) is 36.9 Å². The van der Waals surface area contributed by atoms with Gasteiger partial charge in [-0.25, -0.2) is 0 Å². The predicted octanol–water partition coefficient (Wildman–Crippen LogP) is 2.12. The lowest BCUT2D eigenvalue weighted by atomic mass is 9.92. The van der Waals surface area contributed by atoms with E-state index in [1.807, 2.05) is 6.92 Å². The molecule has 20 heavy (non-hydrogen) atoms. The highest BCUT2D eigenvalue weighted by Crippen LogP contribution is 2.24. The molecule has 3 N–H and O–H groups in total. The molecule has 7 heteroatoms. The number of ether oxygens (including phenoxy) is 1. The number of rotatable bonds is 6. The van der Waals surface area contributed by atoms with Gasteiger partial charge in [-0.05, 0) is 39.0 Å². The number of amides is 1. The van der Waals surface area contributed by atoms with Gasteiger partial charge in [0.05, 0.1) is 6.10 Å². The van der Waals surface area contributed by atoms with Gasteiger partial charge in [0.15, 0.2) is 0 Å². The van der Waals surface area contributed by atoms with E-state index in [1.54, 1.807) is 0 Å². The molecule has 1 saturated carbocycles. The summed E-state index contributed by atoms with van der Waals surface area (Å²) in [5, 5.41) is 2.85. The van der Waals surface area contributed by atoms with E-state index in [1.165, 1.54) is 0 Å². The molecule has 4 nitrogen and oxygen atoms in total. The summed E-state index contributed by atoms with van der Waals surface area (Å²) in [6.45, 7) is 0.609. The lowest BCUT2D eigenvalue weighted by molar-refractivity contribution is -0.188. The molecule has 1 aliphatic carbocycles. The smallest absolute Gasteiger partial charge is 0.369 e. The van der Waals surface area contributed by atoms with Crippen molar-refractivity contribution in [2.24, 2.45) is 5.73 Å². The third-order valence-corrected chi connectivity index (χ3v) is 3.30. The Morgan fingerprint density at radius 1 is 1.45 bits per heavy atom. The molecule has 3 atom stereocenters. The second-order valence-corrected chi connectivity index (χ2v) is 5.50.